The van der Waals surface area contributed by atoms with Crippen molar-refractivity contribution >= 4 is 55.4 Å². The molecule has 0 spiro atoms. The average Bonchev–Trinajstić information content (AvgIpc) is 3.36. The fraction of sp³-hybridized carbons (Fsp3) is 0.0833. The monoisotopic (exact) mass is 556 g/mol. The molecular formula is C24H20N4O8S2. The summed E-state index contributed by atoms with van der Waals surface area (Å²) in [6.45, 7) is 1.64. The number of hydrogen-bond acceptors (Lipinski definition) is 8. The molecule has 2 aromatic rings. The molecule has 0 unspecified atom stereocenters. The molecule has 2 amide bonds. The van der Waals surface area contributed by atoms with Crippen LogP contribution in [0.3, 0.4) is 0 Å². The molecule has 0 bridgehead atoms. The van der Waals surface area contributed by atoms with Gasteiger partial charge in [-0.3, -0.25) is 18.7 Å². The maximum Gasteiger partial charge on any atom is 0.294 e. The molecule has 2 aliphatic rings. The largest absolute Gasteiger partial charge is 0.294 e. The third kappa shape index (κ3) is 5.68. The van der Waals surface area contributed by atoms with Gasteiger partial charge in [0.1, 0.15) is 0 Å². The van der Waals surface area contributed by atoms with Crippen molar-refractivity contribution in [3.05, 3.63) is 84.5 Å². The van der Waals surface area contributed by atoms with Gasteiger partial charge in [0.15, 0.2) is 0 Å². The van der Waals surface area contributed by atoms with E-state index in [1.807, 2.05) is 0 Å². The van der Waals surface area contributed by atoms with Gasteiger partial charge in [-0.1, -0.05) is 24.3 Å². The molecule has 0 radical (unpaired) electrons. The molecule has 2 heterocycles. The number of hydrazone groups is 2. The first-order chi connectivity index (χ1) is 17.9. The van der Waals surface area contributed by atoms with Crippen LogP contribution in [0.2, 0.25) is 0 Å². The van der Waals surface area contributed by atoms with Crippen molar-refractivity contribution in [2.45, 2.75) is 16.7 Å². The van der Waals surface area contributed by atoms with E-state index in [4.69, 9.17) is 9.11 Å². The Hall–Kier alpha value is -4.24. The molecule has 1 atom stereocenters. The summed E-state index contributed by atoms with van der Waals surface area (Å²) in [6.07, 6.45) is 9.37. The molecule has 0 saturated heterocycles. The molecule has 0 aliphatic carbocycles. The van der Waals surface area contributed by atoms with Crippen molar-refractivity contribution in [2.75, 3.05) is 10.0 Å². The van der Waals surface area contributed by atoms with Gasteiger partial charge in [-0.15, -0.1) is 0 Å². The van der Waals surface area contributed by atoms with Crippen molar-refractivity contribution in [2.24, 2.45) is 16.1 Å². The van der Waals surface area contributed by atoms with Crippen molar-refractivity contribution in [1.82, 2.24) is 0 Å². The summed E-state index contributed by atoms with van der Waals surface area (Å²) in [6, 6.07) is 10.1. The van der Waals surface area contributed by atoms with E-state index in [0.717, 1.165) is 22.2 Å². The van der Waals surface area contributed by atoms with Crippen LogP contribution < -0.4 is 10.0 Å². The van der Waals surface area contributed by atoms with Crippen LogP contribution in [0.25, 0.3) is 0 Å². The van der Waals surface area contributed by atoms with Gasteiger partial charge in [0, 0.05) is 6.21 Å². The Bertz CT molecular complexity index is 1650. The smallest absolute Gasteiger partial charge is 0.282 e. The van der Waals surface area contributed by atoms with Gasteiger partial charge >= 0.3 is 0 Å². The minimum absolute atomic E-state index is 0.299. The number of anilines is 2. The van der Waals surface area contributed by atoms with Crippen molar-refractivity contribution in [1.29, 1.82) is 0 Å². The maximum absolute atomic E-state index is 12.8. The van der Waals surface area contributed by atoms with E-state index < -0.39 is 32.1 Å². The molecule has 0 saturated carbocycles. The lowest BCUT2D eigenvalue weighted by atomic mass is 10.1. The van der Waals surface area contributed by atoms with Crippen molar-refractivity contribution in [3.63, 3.8) is 0 Å². The van der Waals surface area contributed by atoms with Crippen LogP contribution in [-0.2, 0) is 29.8 Å². The molecule has 2 N–H and O–H groups in total. The summed E-state index contributed by atoms with van der Waals surface area (Å²) in [5, 5.41) is 10.5. The molecule has 0 aromatic heterocycles. The number of benzene rings is 2. The standard InChI is InChI=1S/C24H20N4O8S2/c1-16-22(24(30)28(26-16)19-9-13-21(14-10-19)38(34,35)36)6-4-2-3-5-17-15-25-27(23(17)29)18-7-11-20(12-8-18)37(31,32)33/h2-15,17H,1H3,(H,31,32,33)(H,34,35,36)/b4-2-,5-3-,22-6-/t17-/m0/s1. The maximum atomic E-state index is 12.8. The Morgan fingerprint density at radius 1 is 0.789 bits per heavy atom. The number of carbonyl (C=O) groups excluding carboxylic acids is 2. The summed E-state index contributed by atoms with van der Waals surface area (Å²) < 4.78 is 62.9. The number of allylic oxidation sites excluding steroid dienone is 4. The van der Waals surface area contributed by atoms with Crippen LogP contribution in [0.5, 0.6) is 0 Å². The minimum atomic E-state index is -4.36. The topological polar surface area (TPSA) is 174 Å². The average molecular weight is 557 g/mol. The van der Waals surface area contributed by atoms with Crippen molar-refractivity contribution < 1.29 is 35.5 Å². The van der Waals surface area contributed by atoms with Crippen molar-refractivity contribution in [3.8, 4) is 0 Å². The first-order valence-electron chi connectivity index (χ1n) is 10.8. The first-order valence-corrected chi connectivity index (χ1v) is 13.7. The van der Waals surface area contributed by atoms with Gasteiger partial charge in [-0.2, -0.15) is 32.0 Å². The summed E-state index contributed by atoms with van der Waals surface area (Å²) in [4.78, 5) is 24.8. The van der Waals surface area contributed by atoms with Gasteiger partial charge in [-0.25, -0.2) is 5.01 Å². The quantitative estimate of drug-likeness (QED) is 0.297. The molecule has 14 heteroatoms. The van der Waals surface area contributed by atoms with Crippen LogP contribution >= 0.6 is 0 Å². The predicted molar refractivity (Wildman–Crippen MR) is 139 cm³/mol. The van der Waals surface area contributed by atoms with Gasteiger partial charge < -0.3 is 0 Å². The highest BCUT2D eigenvalue weighted by molar-refractivity contribution is 7.86. The Labute approximate surface area is 218 Å². The van der Waals surface area contributed by atoms with E-state index in [-0.39, 0.29) is 15.7 Å². The highest BCUT2D eigenvalue weighted by Crippen LogP contribution is 2.26. The van der Waals surface area contributed by atoms with Crippen LogP contribution in [0.15, 0.2) is 104 Å². The zero-order valence-electron chi connectivity index (χ0n) is 19.6. The van der Waals surface area contributed by atoms with Crippen LogP contribution in [0.4, 0.5) is 11.4 Å². The Morgan fingerprint density at radius 2 is 1.32 bits per heavy atom. The normalized spacial score (nSPS) is 19.5. The summed E-state index contributed by atoms with van der Waals surface area (Å²) in [7, 11) is -8.70. The zero-order chi connectivity index (χ0) is 27.7. The lowest BCUT2D eigenvalue weighted by Crippen LogP contribution is -2.24. The molecule has 38 heavy (non-hydrogen) atoms. The van der Waals surface area contributed by atoms with Crippen LogP contribution in [-0.4, -0.2) is 49.7 Å². The Balaban J connectivity index is 1.38. The Morgan fingerprint density at radius 3 is 1.84 bits per heavy atom. The molecule has 4 rings (SSSR count). The molecule has 2 aromatic carbocycles. The van der Waals surface area contributed by atoms with E-state index in [1.54, 1.807) is 37.3 Å². The van der Waals surface area contributed by atoms with Crippen LogP contribution in [0.1, 0.15) is 6.92 Å². The third-order valence-electron chi connectivity index (χ3n) is 5.46. The number of amides is 2. The zero-order valence-corrected chi connectivity index (χ0v) is 21.2. The van der Waals surface area contributed by atoms with Gasteiger partial charge in [-0.05, 0) is 61.5 Å². The van der Waals surface area contributed by atoms with E-state index in [1.165, 1.54) is 42.6 Å². The third-order valence-corrected chi connectivity index (χ3v) is 7.20. The van der Waals surface area contributed by atoms with E-state index in [2.05, 4.69) is 10.2 Å². The van der Waals surface area contributed by atoms with Gasteiger partial charge in [0.05, 0.1) is 38.4 Å². The highest BCUT2D eigenvalue weighted by atomic mass is 32.2. The number of rotatable bonds is 7. The fourth-order valence-electron chi connectivity index (χ4n) is 3.53. The molecule has 12 nitrogen and oxygen atoms in total. The second kappa shape index (κ2) is 10.3. The van der Waals surface area contributed by atoms with E-state index in [0.29, 0.717) is 22.7 Å². The summed E-state index contributed by atoms with van der Waals surface area (Å²) in [5.41, 5.74) is 1.41. The Kier molecular flexibility index (Phi) is 7.24. The molecule has 196 valence electrons. The molecule has 0 fully saturated rings. The second-order valence-electron chi connectivity index (χ2n) is 8.03. The van der Waals surface area contributed by atoms with Gasteiger partial charge in [0.2, 0.25) is 0 Å². The summed E-state index contributed by atoms with van der Waals surface area (Å²) >= 11 is 0. The predicted octanol–water partition coefficient (Wildman–Crippen LogP) is 2.59. The number of hydrogen-bond donors (Lipinski definition) is 2. The lowest BCUT2D eigenvalue weighted by Gasteiger charge is -2.13. The molecule has 2 aliphatic heterocycles. The van der Waals surface area contributed by atoms with E-state index in [9.17, 15) is 26.4 Å². The minimum Gasteiger partial charge on any atom is -0.282 e. The fourth-order valence-corrected chi connectivity index (χ4v) is 4.49. The number of nitrogens with zero attached hydrogens (tertiary/aromatic N) is 4. The molecular weight excluding hydrogens is 536 g/mol. The van der Waals surface area contributed by atoms with Gasteiger partial charge in [0.25, 0.3) is 32.1 Å². The van der Waals surface area contributed by atoms with E-state index >= 15 is 0 Å². The SMILES string of the molecule is CC1=NN(c2ccc(S(=O)(=O)O)cc2)C(=O)\C1=C/C=C\C=C/[C@H]1C=NN(c2ccc(S(=O)(=O)O)cc2)C1=O. The summed E-state index contributed by atoms with van der Waals surface area (Å²) in [5.74, 6) is -1.45. The first kappa shape index (κ1) is 26.8. The second-order valence-corrected chi connectivity index (χ2v) is 10.9. The lowest BCUT2D eigenvalue weighted by molar-refractivity contribution is -0.118. The number of carbonyl (C=O) groups is 2. The van der Waals surface area contributed by atoms with Crippen LogP contribution in [0, 0.1) is 5.92 Å². The highest BCUT2D eigenvalue weighted by Gasteiger charge is 2.29.